The van der Waals surface area contributed by atoms with Crippen LogP contribution in [0.4, 0.5) is 0 Å². The third-order valence-corrected chi connectivity index (χ3v) is 3.56. The average molecular weight is 258 g/mol. The predicted octanol–water partition coefficient (Wildman–Crippen LogP) is 1.21. The van der Waals surface area contributed by atoms with Crippen LogP contribution in [0.1, 0.15) is 20.8 Å². The highest BCUT2D eigenvalue weighted by Gasteiger charge is 2.11. The minimum absolute atomic E-state index is 0.000184. The normalized spacial score (nSPS) is 14.5. The molecule has 1 unspecified atom stereocenters. The second kappa shape index (κ2) is 7.44. The van der Waals surface area contributed by atoms with Gasteiger partial charge in [-0.1, -0.05) is 6.92 Å². The summed E-state index contributed by atoms with van der Waals surface area (Å²) >= 11 is 5.57. The Kier molecular flexibility index (Phi) is 7.52. The molecule has 6 heteroatoms. The van der Waals surface area contributed by atoms with Crippen molar-refractivity contribution in [3.8, 4) is 0 Å². The van der Waals surface area contributed by atoms with Crippen molar-refractivity contribution < 1.29 is 13.2 Å². The molecule has 0 amide bonds. The van der Waals surface area contributed by atoms with Crippen LogP contribution in [0, 0.1) is 5.92 Å². The molecule has 0 spiro atoms. The molecule has 0 bridgehead atoms. The van der Waals surface area contributed by atoms with Gasteiger partial charge in [0.2, 0.25) is 10.0 Å². The van der Waals surface area contributed by atoms with Gasteiger partial charge in [0.1, 0.15) is 0 Å². The maximum absolute atomic E-state index is 11.4. The first-order valence-corrected chi connectivity index (χ1v) is 7.21. The molecule has 92 valence electrons. The van der Waals surface area contributed by atoms with Crippen molar-refractivity contribution in [1.82, 2.24) is 4.72 Å². The molecule has 0 aliphatic rings. The number of sulfonamides is 1. The Morgan fingerprint density at radius 2 is 1.93 bits per heavy atom. The molecule has 0 radical (unpaired) electrons. The summed E-state index contributed by atoms with van der Waals surface area (Å²) in [4.78, 5) is 0. The number of ether oxygens (including phenoxy) is 1. The van der Waals surface area contributed by atoms with Crippen molar-refractivity contribution in [2.24, 2.45) is 5.92 Å². The Labute approximate surface area is 97.4 Å². The van der Waals surface area contributed by atoms with Crippen LogP contribution in [0.2, 0.25) is 0 Å². The largest absolute Gasteiger partial charge is 0.378 e. The third kappa shape index (κ3) is 9.11. The van der Waals surface area contributed by atoms with Crippen LogP contribution in [0.3, 0.4) is 0 Å². The third-order valence-electron chi connectivity index (χ3n) is 1.72. The van der Waals surface area contributed by atoms with Crippen LogP contribution in [0.15, 0.2) is 0 Å². The van der Waals surface area contributed by atoms with Gasteiger partial charge in [-0.25, -0.2) is 13.1 Å². The monoisotopic (exact) mass is 257 g/mol. The lowest BCUT2D eigenvalue weighted by molar-refractivity contribution is 0.0911. The number of hydrogen-bond acceptors (Lipinski definition) is 3. The van der Waals surface area contributed by atoms with E-state index < -0.39 is 10.0 Å². The molecule has 1 N–H and O–H groups in total. The van der Waals surface area contributed by atoms with Crippen LogP contribution in [0.5, 0.6) is 0 Å². The van der Waals surface area contributed by atoms with Gasteiger partial charge in [0.15, 0.2) is 0 Å². The SMILES string of the molecule is CC(CCl)CNS(=O)(=O)CCOC(C)C. The highest BCUT2D eigenvalue weighted by atomic mass is 35.5. The predicted molar refractivity (Wildman–Crippen MR) is 62.8 cm³/mol. The van der Waals surface area contributed by atoms with E-state index in [9.17, 15) is 8.42 Å². The van der Waals surface area contributed by atoms with E-state index in [2.05, 4.69) is 4.72 Å². The van der Waals surface area contributed by atoms with E-state index in [4.69, 9.17) is 16.3 Å². The Hall–Kier alpha value is 0.160. The summed E-state index contributed by atoms with van der Waals surface area (Å²) in [6.07, 6.45) is 0.0574. The van der Waals surface area contributed by atoms with Gasteiger partial charge in [0.25, 0.3) is 0 Å². The second-order valence-electron chi connectivity index (χ2n) is 3.85. The molecular formula is C9H20ClNO3S. The molecule has 0 saturated carbocycles. The molecule has 15 heavy (non-hydrogen) atoms. The van der Waals surface area contributed by atoms with E-state index in [1.807, 2.05) is 20.8 Å². The summed E-state index contributed by atoms with van der Waals surface area (Å²) < 4.78 is 30.5. The number of halogens is 1. The molecule has 0 aromatic carbocycles. The van der Waals surface area contributed by atoms with Crippen molar-refractivity contribution >= 4 is 21.6 Å². The highest BCUT2D eigenvalue weighted by molar-refractivity contribution is 7.89. The van der Waals surface area contributed by atoms with Crippen molar-refractivity contribution in [2.45, 2.75) is 26.9 Å². The number of nitrogens with one attached hydrogen (secondary N) is 1. The lowest BCUT2D eigenvalue weighted by Gasteiger charge is -2.11. The van der Waals surface area contributed by atoms with Gasteiger partial charge in [-0.3, -0.25) is 0 Å². The van der Waals surface area contributed by atoms with Crippen LogP contribution in [-0.2, 0) is 14.8 Å². The summed E-state index contributed by atoms with van der Waals surface area (Å²) in [7, 11) is -3.22. The van der Waals surface area contributed by atoms with Crippen LogP contribution in [-0.4, -0.2) is 39.3 Å². The lowest BCUT2D eigenvalue weighted by Crippen LogP contribution is -2.32. The molecule has 4 nitrogen and oxygen atoms in total. The average Bonchev–Trinajstić information content (AvgIpc) is 2.13. The van der Waals surface area contributed by atoms with Crippen LogP contribution >= 0.6 is 11.6 Å². The van der Waals surface area contributed by atoms with Crippen molar-refractivity contribution in [3.05, 3.63) is 0 Å². The first-order valence-electron chi connectivity index (χ1n) is 5.02. The Morgan fingerprint density at radius 3 is 2.40 bits per heavy atom. The second-order valence-corrected chi connectivity index (χ2v) is 6.08. The summed E-state index contributed by atoms with van der Waals surface area (Å²) in [5, 5.41) is 0. The maximum atomic E-state index is 11.4. The molecule has 0 rings (SSSR count). The van der Waals surface area contributed by atoms with E-state index >= 15 is 0 Å². The Bertz CT molecular complexity index is 254. The minimum Gasteiger partial charge on any atom is -0.378 e. The fourth-order valence-corrected chi connectivity index (χ4v) is 1.90. The Balaban J connectivity index is 3.78. The fourth-order valence-electron chi connectivity index (χ4n) is 0.789. The molecule has 1 atom stereocenters. The zero-order valence-electron chi connectivity index (χ0n) is 9.49. The topological polar surface area (TPSA) is 55.4 Å². The summed E-state index contributed by atoms with van der Waals surface area (Å²) in [6, 6.07) is 0. The first-order chi connectivity index (χ1) is 6.87. The van der Waals surface area contributed by atoms with Gasteiger partial charge >= 0.3 is 0 Å². The van der Waals surface area contributed by atoms with Gasteiger partial charge < -0.3 is 4.74 Å². The molecule has 0 aliphatic carbocycles. The van der Waals surface area contributed by atoms with Gasteiger partial charge in [-0.15, -0.1) is 11.6 Å². The molecule has 0 heterocycles. The van der Waals surface area contributed by atoms with Crippen LogP contribution < -0.4 is 4.72 Å². The van der Waals surface area contributed by atoms with Crippen molar-refractivity contribution in [1.29, 1.82) is 0 Å². The minimum atomic E-state index is -3.22. The van der Waals surface area contributed by atoms with Gasteiger partial charge in [-0.05, 0) is 19.8 Å². The maximum Gasteiger partial charge on any atom is 0.213 e. The lowest BCUT2D eigenvalue weighted by atomic mass is 10.2. The van der Waals surface area contributed by atoms with E-state index in [1.165, 1.54) is 0 Å². The summed E-state index contributed by atoms with van der Waals surface area (Å²) in [5.74, 6) is 0.595. The van der Waals surface area contributed by atoms with E-state index in [-0.39, 0.29) is 24.4 Å². The zero-order valence-corrected chi connectivity index (χ0v) is 11.1. The fraction of sp³-hybridized carbons (Fsp3) is 1.00. The Morgan fingerprint density at radius 1 is 1.33 bits per heavy atom. The van der Waals surface area contributed by atoms with E-state index in [0.29, 0.717) is 12.4 Å². The van der Waals surface area contributed by atoms with Crippen molar-refractivity contribution in [3.63, 3.8) is 0 Å². The van der Waals surface area contributed by atoms with E-state index in [0.717, 1.165) is 0 Å². The van der Waals surface area contributed by atoms with Gasteiger partial charge in [0.05, 0.1) is 18.5 Å². The first kappa shape index (κ1) is 15.2. The molecule has 0 aromatic rings. The number of hydrogen-bond donors (Lipinski definition) is 1. The van der Waals surface area contributed by atoms with Gasteiger partial charge in [0, 0.05) is 12.4 Å². The van der Waals surface area contributed by atoms with E-state index in [1.54, 1.807) is 0 Å². The standard InChI is InChI=1S/C9H20ClNO3S/c1-8(2)14-4-5-15(12,13)11-7-9(3)6-10/h8-9,11H,4-7H2,1-3H3. The highest BCUT2D eigenvalue weighted by Crippen LogP contribution is 1.97. The summed E-state index contributed by atoms with van der Waals surface area (Å²) in [5.41, 5.74) is 0. The molecule has 0 aromatic heterocycles. The quantitative estimate of drug-likeness (QED) is 0.665. The smallest absolute Gasteiger partial charge is 0.213 e. The molecule has 0 aliphatic heterocycles. The van der Waals surface area contributed by atoms with Crippen LogP contribution in [0.25, 0.3) is 0 Å². The summed E-state index contributed by atoms with van der Waals surface area (Å²) in [6.45, 7) is 6.24. The number of rotatable bonds is 8. The number of alkyl halides is 1. The van der Waals surface area contributed by atoms with Gasteiger partial charge in [-0.2, -0.15) is 0 Å². The zero-order chi connectivity index (χ0) is 11.9. The molecule has 0 fully saturated rings. The molecular weight excluding hydrogens is 238 g/mol. The van der Waals surface area contributed by atoms with Crippen molar-refractivity contribution in [2.75, 3.05) is 24.8 Å². The molecule has 0 saturated heterocycles.